The van der Waals surface area contributed by atoms with E-state index in [0.717, 1.165) is 10.4 Å². The van der Waals surface area contributed by atoms with Gasteiger partial charge in [-0.25, -0.2) is 18.0 Å². The normalized spacial score (nSPS) is 12.7. The molecule has 0 saturated carbocycles. The van der Waals surface area contributed by atoms with Crippen LogP contribution < -0.4 is 14.8 Å². The minimum Gasteiger partial charge on any atom is -0.497 e. The van der Waals surface area contributed by atoms with Crippen LogP contribution in [0.3, 0.4) is 0 Å². The van der Waals surface area contributed by atoms with Crippen molar-refractivity contribution in [2.45, 2.75) is 31.7 Å². The molecule has 0 fully saturated rings. The Morgan fingerprint density at radius 3 is 2.42 bits per heavy atom. The summed E-state index contributed by atoms with van der Waals surface area (Å²) >= 11 is 1.19. The lowest BCUT2D eigenvalue weighted by Crippen LogP contribution is -2.36. The number of benzene rings is 2. The lowest BCUT2D eigenvalue weighted by atomic mass is 10.0. The zero-order valence-electron chi connectivity index (χ0n) is 22.2. The fraction of sp³-hybridized carbons (Fsp3) is 0.296. The number of fused-ring (bicyclic) bond motifs is 1. The number of carbonyl (C=O) groups excluding carboxylic acids is 3. The second-order valence-electron chi connectivity index (χ2n) is 8.61. The lowest BCUT2D eigenvalue weighted by Gasteiger charge is -2.26. The molecular weight excluding hydrogens is 558 g/mol. The Morgan fingerprint density at radius 2 is 1.75 bits per heavy atom. The summed E-state index contributed by atoms with van der Waals surface area (Å²) in [6.45, 7) is 4.42. The number of rotatable bonds is 9. The number of amides is 2. The third-order valence-electron chi connectivity index (χ3n) is 6.04. The molecule has 0 unspecified atom stereocenters. The topological polar surface area (TPSA) is 140 Å². The molecule has 3 aromatic rings. The molecule has 11 nitrogen and oxygen atoms in total. The van der Waals surface area contributed by atoms with E-state index in [4.69, 9.17) is 14.2 Å². The fourth-order valence-corrected chi connectivity index (χ4v) is 6.45. The van der Waals surface area contributed by atoms with Crippen molar-refractivity contribution >= 4 is 50.0 Å². The van der Waals surface area contributed by atoms with Crippen molar-refractivity contribution in [3.05, 3.63) is 70.1 Å². The molecule has 0 aliphatic carbocycles. The van der Waals surface area contributed by atoms with Gasteiger partial charge in [-0.1, -0.05) is 6.07 Å². The van der Waals surface area contributed by atoms with Crippen LogP contribution in [0, 0.1) is 0 Å². The number of sulfonamides is 1. The first-order valence-electron chi connectivity index (χ1n) is 12.5. The van der Waals surface area contributed by atoms with E-state index in [0.29, 0.717) is 23.7 Å². The number of hydrogen-bond acceptors (Lipinski definition) is 9. The van der Waals surface area contributed by atoms with Gasteiger partial charge in [0.2, 0.25) is 0 Å². The Bertz CT molecular complexity index is 1520. The Kier molecular flexibility index (Phi) is 8.95. The molecule has 4 rings (SSSR count). The zero-order valence-corrected chi connectivity index (χ0v) is 23.8. The van der Waals surface area contributed by atoms with E-state index in [1.54, 1.807) is 24.8 Å². The lowest BCUT2D eigenvalue weighted by molar-refractivity contribution is 0.0526. The average Bonchev–Trinajstić information content (AvgIpc) is 3.30. The van der Waals surface area contributed by atoms with Gasteiger partial charge in [-0.2, -0.15) is 0 Å². The average molecular weight is 588 g/mol. The van der Waals surface area contributed by atoms with Crippen LogP contribution >= 0.6 is 11.3 Å². The molecule has 0 bridgehead atoms. The molecule has 2 amide bonds. The summed E-state index contributed by atoms with van der Waals surface area (Å²) in [4.78, 5) is 40.7. The molecule has 40 heavy (non-hydrogen) atoms. The summed E-state index contributed by atoms with van der Waals surface area (Å²) in [6.07, 6.45) is -0.0455. The van der Waals surface area contributed by atoms with Gasteiger partial charge in [0.25, 0.3) is 15.9 Å². The number of anilines is 2. The van der Waals surface area contributed by atoms with Crippen molar-refractivity contribution < 1.29 is 37.0 Å². The first-order chi connectivity index (χ1) is 19.2. The number of nitrogens with one attached hydrogen (secondary N) is 2. The maximum atomic E-state index is 13.2. The number of thiophene rings is 1. The monoisotopic (exact) mass is 587 g/mol. The minimum atomic E-state index is -3.92. The molecule has 2 heterocycles. The number of nitrogens with zero attached hydrogens (tertiary/aromatic N) is 1. The molecule has 0 spiro atoms. The molecule has 1 aliphatic heterocycles. The van der Waals surface area contributed by atoms with Gasteiger partial charge in [-0.05, 0) is 68.3 Å². The summed E-state index contributed by atoms with van der Waals surface area (Å²) in [6, 6.07) is 11.9. The quantitative estimate of drug-likeness (QED) is 0.349. The molecule has 0 atom stereocenters. The molecule has 13 heteroatoms. The predicted molar refractivity (Wildman–Crippen MR) is 150 cm³/mol. The number of methoxy groups -OCH3 is 1. The molecule has 2 aromatic carbocycles. The van der Waals surface area contributed by atoms with Crippen molar-refractivity contribution in [3.8, 4) is 5.75 Å². The molecular formula is C27H29N3O8S2. The minimum absolute atomic E-state index is 0.0308. The van der Waals surface area contributed by atoms with Crippen LogP contribution in [0.5, 0.6) is 5.75 Å². The second-order valence-corrected chi connectivity index (χ2v) is 11.4. The molecule has 0 saturated heterocycles. The van der Waals surface area contributed by atoms with Crippen molar-refractivity contribution in [2.75, 3.05) is 36.9 Å². The standard InChI is InChI=1S/C27H29N3O8S2/c1-4-37-26(32)23-21-13-14-30(27(33)38-5-2)16-22(21)39-25(23)28-24(31)17-7-6-8-18(15-17)29-40(34,35)20-11-9-19(36-3)10-12-20/h6-12,15,29H,4-5,13-14,16H2,1-3H3,(H,28,31). The Balaban J connectivity index is 1.56. The third-order valence-corrected chi connectivity index (χ3v) is 8.57. The van der Waals surface area contributed by atoms with Gasteiger partial charge in [-0.3, -0.25) is 9.52 Å². The van der Waals surface area contributed by atoms with Crippen LogP contribution in [0.25, 0.3) is 0 Å². The van der Waals surface area contributed by atoms with Gasteiger partial charge in [0.05, 0.1) is 37.3 Å². The summed E-state index contributed by atoms with van der Waals surface area (Å²) in [5.41, 5.74) is 1.34. The van der Waals surface area contributed by atoms with Gasteiger partial charge in [-0.15, -0.1) is 11.3 Å². The molecule has 1 aromatic heterocycles. The first-order valence-corrected chi connectivity index (χ1v) is 14.8. The number of hydrogen-bond donors (Lipinski definition) is 2. The van der Waals surface area contributed by atoms with Crippen LogP contribution in [0.1, 0.15) is 45.0 Å². The smallest absolute Gasteiger partial charge is 0.410 e. The van der Waals surface area contributed by atoms with Gasteiger partial charge < -0.3 is 24.4 Å². The Labute approximate surface area is 236 Å². The van der Waals surface area contributed by atoms with Gasteiger partial charge >= 0.3 is 12.1 Å². The number of esters is 1. The fourth-order valence-electron chi connectivity index (χ4n) is 4.15. The van der Waals surface area contributed by atoms with Crippen molar-refractivity contribution in [1.29, 1.82) is 0 Å². The Morgan fingerprint density at radius 1 is 1.02 bits per heavy atom. The predicted octanol–water partition coefficient (Wildman–Crippen LogP) is 4.50. The summed E-state index contributed by atoms with van der Waals surface area (Å²) < 4.78 is 43.6. The third kappa shape index (κ3) is 6.37. The van der Waals surface area contributed by atoms with E-state index in [9.17, 15) is 22.8 Å². The molecule has 2 N–H and O–H groups in total. The molecule has 212 valence electrons. The van der Waals surface area contributed by atoms with Crippen LogP contribution in [0.4, 0.5) is 15.5 Å². The van der Waals surface area contributed by atoms with Crippen LogP contribution in [-0.4, -0.2) is 58.2 Å². The first kappa shape index (κ1) is 28.9. The van der Waals surface area contributed by atoms with Crippen molar-refractivity contribution in [3.63, 3.8) is 0 Å². The molecule has 0 radical (unpaired) electrons. The van der Waals surface area contributed by atoms with E-state index in [1.807, 2.05) is 0 Å². The Hall–Kier alpha value is -4.10. The van der Waals surface area contributed by atoms with Gasteiger partial charge in [0.1, 0.15) is 10.8 Å². The van der Waals surface area contributed by atoms with E-state index in [1.165, 1.54) is 60.9 Å². The number of ether oxygens (including phenoxy) is 3. The van der Waals surface area contributed by atoms with Gasteiger partial charge in [0, 0.05) is 22.7 Å². The van der Waals surface area contributed by atoms with Crippen molar-refractivity contribution in [1.82, 2.24) is 4.90 Å². The van der Waals surface area contributed by atoms with Crippen LogP contribution in [-0.2, 0) is 32.5 Å². The maximum Gasteiger partial charge on any atom is 0.410 e. The van der Waals surface area contributed by atoms with E-state index in [-0.39, 0.29) is 41.5 Å². The summed E-state index contributed by atoms with van der Waals surface area (Å²) in [7, 11) is -2.44. The largest absolute Gasteiger partial charge is 0.497 e. The van der Waals surface area contributed by atoms with Crippen molar-refractivity contribution in [2.24, 2.45) is 0 Å². The van der Waals surface area contributed by atoms with E-state index >= 15 is 0 Å². The highest BCUT2D eigenvalue weighted by molar-refractivity contribution is 7.92. The second kappa shape index (κ2) is 12.4. The van der Waals surface area contributed by atoms with Crippen LogP contribution in [0.15, 0.2) is 53.4 Å². The zero-order chi connectivity index (χ0) is 28.9. The number of carbonyl (C=O) groups is 3. The van der Waals surface area contributed by atoms with E-state index < -0.39 is 28.0 Å². The van der Waals surface area contributed by atoms with Gasteiger partial charge in [0.15, 0.2) is 0 Å². The van der Waals surface area contributed by atoms with E-state index in [2.05, 4.69) is 10.0 Å². The highest BCUT2D eigenvalue weighted by Crippen LogP contribution is 2.38. The molecule has 1 aliphatic rings. The maximum absolute atomic E-state index is 13.2. The SMILES string of the molecule is CCOC(=O)c1c(NC(=O)c2cccc(NS(=O)(=O)c3ccc(OC)cc3)c2)sc2c1CCN(C(=O)OCC)C2. The summed E-state index contributed by atoms with van der Waals surface area (Å²) in [5, 5.41) is 3.07. The van der Waals surface area contributed by atoms with Crippen LogP contribution in [0.2, 0.25) is 0 Å². The highest BCUT2D eigenvalue weighted by atomic mass is 32.2. The highest BCUT2D eigenvalue weighted by Gasteiger charge is 2.31. The summed E-state index contributed by atoms with van der Waals surface area (Å²) in [5.74, 6) is -0.596.